The molecule has 0 unspecified atom stereocenters. The summed E-state index contributed by atoms with van der Waals surface area (Å²) in [7, 11) is 0. The smallest absolute Gasteiger partial charge is 0.343 e. The van der Waals surface area contributed by atoms with Gasteiger partial charge in [0.2, 0.25) is 0 Å². The molecule has 54 heavy (non-hydrogen) atoms. The van der Waals surface area contributed by atoms with Crippen LogP contribution in [0.3, 0.4) is 0 Å². The van der Waals surface area contributed by atoms with E-state index in [0.29, 0.717) is 24.3 Å². The van der Waals surface area contributed by atoms with Crippen molar-refractivity contribution in [2.24, 2.45) is 9.98 Å². The zero-order valence-electron chi connectivity index (χ0n) is 30.3. The van der Waals surface area contributed by atoms with Crippen molar-refractivity contribution in [3.63, 3.8) is 0 Å². The van der Waals surface area contributed by atoms with Crippen LogP contribution in [0.5, 0.6) is 23.0 Å². The topological polar surface area (TPSA) is 95.8 Å². The van der Waals surface area contributed by atoms with Gasteiger partial charge in [-0.3, -0.25) is 9.98 Å². The number of carbonyl (C=O) groups is 2. The maximum absolute atomic E-state index is 12.9. The van der Waals surface area contributed by atoms with Crippen molar-refractivity contribution in [1.29, 1.82) is 0 Å². The number of hydrogen-bond acceptors (Lipinski definition) is 8. The standard InChI is InChI=1S/C46H44N2O6/c1-3-5-7-9-30-51-41-26-22-39(23-27-41)47-33-35-14-18-37(19-15-35)45(49)53-43-12-11-13-44(32-43)54-46(50)38-20-16-36(17-21-38)34-48-40-24-28-42(29-25-40)52-31-10-8-6-4-2/h3-4,11-29,32-34H,1-2,5-10,30-31H2. The molecule has 0 radical (unpaired) electrons. The number of allylic oxidation sites excluding steroid dienone is 2. The third-order valence-corrected chi connectivity index (χ3v) is 8.06. The molecule has 274 valence electrons. The molecule has 0 saturated carbocycles. The Kier molecular flexibility index (Phi) is 15.1. The second kappa shape index (κ2) is 21.1. The molecule has 8 heteroatoms. The first kappa shape index (κ1) is 38.7. The van der Waals surface area contributed by atoms with E-state index in [4.69, 9.17) is 18.9 Å². The summed E-state index contributed by atoms with van der Waals surface area (Å²) in [5, 5.41) is 0. The van der Waals surface area contributed by atoms with E-state index in [0.717, 1.165) is 72.5 Å². The Morgan fingerprint density at radius 1 is 0.500 bits per heavy atom. The highest BCUT2D eigenvalue weighted by atomic mass is 16.5. The average Bonchev–Trinajstić information content (AvgIpc) is 3.20. The Morgan fingerprint density at radius 3 is 1.30 bits per heavy atom. The van der Waals surface area contributed by atoms with Crippen molar-refractivity contribution < 1.29 is 28.5 Å². The summed E-state index contributed by atoms with van der Waals surface area (Å²) >= 11 is 0. The minimum absolute atomic E-state index is 0.245. The van der Waals surface area contributed by atoms with Gasteiger partial charge in [0.05, 0.1) is 35.7 Å². The van der Waals surface area contributed by atoms with E-state index in [-0.39, 0.29) is 11.5 Å². The second-order valence-electron chi connectivity index (χ2n) is 12.3. The Balaban J connectivity index is 1.07. The summed E-state index contributed by atoms with van der Waals surface area (Å²) < 4.78 is 22.7. The van der Waals surface area contributed by atoms with Crippen LogP contribution in [0, 0.1) is 0 Å². The molecule has 0 saturated heterocycles. The number of ether oxygens (including phenoxy) is 4. The number of aliphatic imine (C=N–C) groups is 2. The van der Waals surface area contributed by atoms with Crippen molar-refractivity contribution in [3.05, 3.63) is 169 Å². The molecule has 0 aliphatic carbocycles. The van der Waals surface area contributed by atoms with Gasteiger partial charge in [-0.2, -0.15) is 0 Å². The molecular formula is C46H44N2O6. The van der Waals surface area contributed by atoms with Gasteiger partial charge in [-0.25, -0.2) is 9.59 Å². The van der Waals surface area contributed by atoms with Crippen LogP contribution in [0.1, 0.15) is 70.4 Å². The third-order valence-electron chi connectivity index (χ3n) is 8.06. The lowest BCUT2D eigenvalue weighted by Crippen LogP contribution is -2.10. The van der Waals surface area contributed by atoms with E-state index in [1.807, 2.05) is 60.7 Å². The quantitative estimate of drug-likeness (QED) is 0.0261. The predicted molar refractivity (Wildman–Crippen MR) is 216 cm³/mol. The normalized spacial score (nSPS) is 11.0. The zero-order valence-corrected chi connectivity index (χ0v) is 30.3. The molecule has 5 rings (SSSR count). The number of rotatable bonds is 20. The summed E-state index contributed by atoms with van der Waals surface area (Å²) in [6.45, 7) is 8.81. The molecular weight excluding hydrogens is 677 g/mol. The van der Waals surface area contributed by atoms with Gasteiger partial charge in [-0.1, -0.05) is 42.5 Å². The van der Waals surface area contributed by atoms with Gasteiger partial charge in [0.15, 0.2) is 0 Å². The van der Waals surface area contributed by atoms with Gasteiger partial charge in [-0.15, -0.1) is 13.2 Å². The summed E-state index contributed by atoms with van der Waals surface area (Å²) in [4.78, 5) is 34.8. The summed E-state index contributed by atoms with van der Waals surface area (Å²) in [6, 6.07) is 35.4. The second-order valence-corrected chi connectivity index (χ2v) is 12.3. The SMILES string of the molecule is C=CCCCCOc1ccc(N=Cc2ccc(C(=O)Oc3cccc(OC(=O)c4ccc(C=Nc5ccc(OCCCCC=C)cc5)cc4)c3)cc2)cc1. The first-order valence-electron chi connectivity index (χ1n) is 18.0. The molecule has 0 fully saturated rings. The van der Waals surface area contributed by atoms with E-state index in [1.165, 1.54) is 6.07 Å². The summed E-state index contributed by atoms with van der Waals surface area (Å²) in [5.41, 5.74) is 3.95. The fraction of sp³-hybridized carbons (Fsp3) is 0.174. The monoisotopic (exact) mass is 720 g/mol. The van der Waals surface area contributed by atoms with Crippen molar-refractivity contribution in [1.82, 2.24) is 0 Å². The fourth-order valence-electron chi connectivity index (χ4n) is 5.06. The Morgan fingerprint density at radius 2 is 0.907 bits per heavy atom. The van der Waals surface area contributed by atoms with Gasteiger partial charge >= 0.3 is 11.9 Å². The third kappa shape index (κ3) is 12.9. The Hall–Kier alpha value is -6.54. The fourth-order valence-corrected chi connectivity index (χ4v) is 5.06. The lowest BCUT2D eigenvalue weighted by atomic mass is 10.1. The number of unbranched alkanes of at least 4 members (excludes halogenated alkanes) is 4. The molecule has 0 aliphatic rings. The Labute approximate surface area is 317 Å². The molecule has 5 aromatic rings. The molecule has 5 aromatic carbocycles. The van der Waals surface area contributed by atoms with Gasteiger partial charge < -0.3 is 18.9 Å². The first-order chi connectivity index (χ1) is 26.5. The molecule has 0 heterocycles. The highest BCUT2D eigenvalue weighted by Crippen LogP contribution is 2.23. The average molecular weight is 721 g/mol. The van der Waals surface area contributed by atoms with E-state index < -0.39 is 11.9 Å². The van der Waals surface area contributed by atoms with Crippen LogP contribution >= 0.6 is 0 Å². The van der Waals surface area contributed by atoms with E-state index in [9.17, 15) is 9.59 Å². The van der Waals surface area contributed by atoms with Crippen LogP contribution in [0.4, 0.5) is 11.4 Å². The van der Waals surface area contributed by atoms with Crippen LogP contribution in [0.25, 0.3) is 0 Å². The number of benzene rings is 5. The number of hydrogen-bond donors (Lipinski definition) is 0. The lowest BCUT2D eigenvalue weighted by molar-refractivity contribution is 0.0733. The highest BCUT2D eigenvalue weighted by Gasteiger charge is 2.12. The van der Waals surface area contributed by atoms with Crippen LogP contribution < -0.4 is 18.9 Å². The first-order valence-corrected chi connectivity index (χ1v) is 18.0. The number of nitrogens with zero attached hydrogens (tertiary/aromatic N) is 2. The summed E-state index contributed by atoms with van der Waals surface area (Å²) in [5.74, 6) is 1.02. The minimum atomic E-state index is -0.543. The van der Waals surface area contributed by atoms with Crippen LogP contribution in [-0.2, 0) is 0 Å². The molecule has 0 aliphatic heterocycles. The molecule has 0 N–H and O–H groups in total. The zero-order chi connectivity index (χ0) is 37.8. The largest absolute Gasteiger partial charge is 0.494 e. The number of esters is 2. The van der Waals surface area contributed by atoms with Crippen molar-refractivity contribution in [3.8, 4) is 23.0 Å². The Bertz CT molecular complexity index is 1870. The van der Waals surface area contributed by atoms with Crippen molar-refractivity contribution in [2.45, 2.75) is 38.5 Å². The van der Waals surface area contributed by atoms with Crippen molar-refractivity contribution in [2.75, 3.05) is 13.2 Å². The van der Waals surface area contributed by atoms with Gasteiger partial charge in [-0.05, 0) is 135 Å². The van der Waals surface area contributed by atoms with Crippen LogP contribution in [-0.4, -0.2) is 37.6 Å². The highest BCUT2D eigenvalue weighted by molar-refractivity contribution is 5.93. The predicted octanol–water partition coefficient (Wildman–Crippen LogP) is 11.1. The summed E-state index contributed by atoms with van der Waals surface area (Å²) in [6.07, 6.45) is 13.4. The lowest BCUT2D eigenvalue weighted by Gasteiger charge is -2.08. The van der Waals surface area contributed by atoms with Crippen LogP contribution in [0.15, 0.2) is 157 Å². The molecule has 0 aromatic heterocycles. The van der Waals surface area contributed by atoms with E-state index >= 15 is 0 Å². The van der Waals surface area contributed by atoms with Crippen molar-refractivity contribution >= 4 is 35.7 Å². The molecule has 0 bridgehead atoms. The van der Waals surface area contributed by atoms with E-state index in [2.05, 4.69) is 23.1 Å². The molecule has 8 nitrogen and oxygen atoms in total. The maximum Gasteiger partial charge on any atom is 0.343 e. The molecule has 0 atom stereocenters. The minimum Gasteiger partial charge on any atom is -0.494 e. The van der Waals surface area contributed by atoms with Gasteiger partial charge in [0.1, 0.15) is 23.0 Å². The van der Waals surface area contributed by atoms with Gasteiger partial charge in [0, 0.05) is 18.5 Å². The number of carbonyl (C=O) groups excluding carboxylic acids is 2. The maximum atomic E-state index is 12.9. The molecule has 0 spiro atoms. The van der Waals surface area contributed by atoms with Crippen LogP contribution in [0.2, 0.25) is 0 Å². The van der Waals surface area contributed by atoms with Gasteiger partial charge in [0.25, 0.3) is 0 Å². The van der Waals surface area contributed by atoms with E-state index in [1.54, 1.807) is 79.2 Å². The molecule has 0 amide bonds.